The van der Waals surface area contributed by atoms with Gasteiger partial charge in [0.1, 0.15) is 22.8 Å². The van der Waals surface area contributed by atoms with Gasteiger partial charge in [-0.15, -0.1) is 0 Å². The number of ketones is 4. The fourth-order valence-corrected chi connectivity index (χ4v) is 15.2. The van der Waals surface area contributed by atoms with E-state index in [1.807, 2.05) is 177 Å². The summed E-state index contributed by atoms with van der Waals surface area (Å²) in [5.41, 5.74) is 3.63. The van der Waals surface area contributed by atoms with Crippen LogP contribution in [0.2, 0.25) is 11.6 Å². The average Bonchev–Trinajstić information content (AvgIpc) is 1.44. The van der Waals surface area contributed by atoms with E-state index >= 15 is 0 Å². The molecule has 4 N–H and O–H groups in total. The molecular formula is C88H100B4N12O20. The molecular weight excluding hydrogens is 1590 g/mol. The number of hydrogen-bond acceptors (Lipinski definition) is 28. The minimum atomic E-state index is -1.53. The van der Waals surface area contributed by atoms with Crippen LogP contribution in [0.4, 0.5) is 0 Å². The maximum atomic E-state index is 14.1. The maximum absolute atomic E-state index is 14.1. The smallest absolute Gasteiger partial charge is 0.507 e. The van der Waals surface area contributed by atoms with Crippen molar-refractivity contribution in [3.63, 3.8) is 0 Å². The van der Waals surface area contributed by atoms with E-state index in [1.54, 1.807) is 0 Å². The molecule has 0 spiro atoms. The minimum absolute atomic E-state index is 0.00187. The summed E-state index contributed by atoms with van der Waals surface area (Å²) in [7, 11) is -5.25. The second-order valence-electron chi connectivity index (χ2n) is 32.9. The highest BCUT2D eigenvalue weighted by atomic mass is 16.7. The third-order valence-corrected chi connectivity index (χ3v) is 21.0. The van der Waals surface area contributed by atoms with Crippen LogP contribution in [0.5, 0.6) is 0 Å². The first-order chi connectivity index (χ1) is 59.7. The molecule has 4 aromatic carbocycles. The van der Waals surface area contributed by atoms with Gasteiger partial charge in [-0.25, -0.2) is 19.9 Å². The number of hydrogen-bond donors (Lipinski definition) is 4. The molecule has 36 heteroatoms. The summed E-state index contributed by atoms with van der Waals surface area (Å²) < 4.78 is 47.4. The molecule has 4 amide bonds. The van der Waals surface area contributed by atoms with Gasteiger partial charge in [0.15, 0.2) is 47.5 Å². The molecule has 4 aliphatic rings. The lowest BCUT2D eigenvalue weighted by atomic mass is 9.63. The van der Waals surface area contributed by atoms with Crippen LogP contribution in [0.25, 0.3) is 0 Å². The van der Waals surface area contributed by atoms with Gasteiger partial charge in [0.05, 0.1) is 48.8 Å². The molecule has 12 atom stereocenters. The molecule has 0 saturated carbocycles. The zero-order valence-electron chi connectivity index (χ0n) is 70.3. The first-order valence-corrected chi connectivity index (χ1v) is 41.7. The standard InChI is InChI=1S/2C44H50B2N6O10/c1-27(2)19-32(24-37(54)33(22-30-13-9-6-10-14-30)51-42(56)35-26-48-16-18-50-35)45-59-39-40(43(57)61-45)60-46(62-44(39)58)38(20-28(3)4)52-41(55)31(21-29-11-7-5-8-12-29)23-36(53)34-25-47-15-17-49-34;1-27(2)19-32(24-37(54)33(22-30-13-9-6-10-14-30)51-42(56)35-26-48-16-18-50-35)45-59-39(43(57)61-45)40-44(58)62-46(60-40)38(20-28(3)4)52-41(55)31(21-29-11-7-5-8-12-29)23-36(53)34-25-47-15-17-49-34/h2*5-18,25-28,31-33,38-40H,19-24H2,1-4H3,(H,51,56)(H,52,55)/t2*31?,32-,33?,38+,39?,40?/m11/s1. The Bertz CT molecular complexity index is 4620. The Balaban J connectivity index is 0.000000241. The van der Waals surface area contributed by atoms with Crippen molar-refractivity contribution in [1.82, 2.24) is 61.1 Å². The molecule has 4 aliphatic heterocycles. The van der Waals surface area contributed by atoms with Gasteiger partial charge in [-0.3, -0.25) is 77.5 Å². The monoisotopic (exact) mass is 1690 g/mol. The van der Waals surface area contributed by atoms with Crippen molar-refractivity contribution in [2.75, 3.05) is 0 Å². The lowest BCUT2D eigenvalue weighted by Gasteiger charge is -2.41. The molecule has 8 heterocycles. The number of benzene rings is 4. The van der Waals surface area contributed by atoms with Crippen LogP contribution in [0.3, 0.4) is 0 Å². The van der Waals surface area contributed by atoms with Crippen molar-refractivity contribution < 1.29 is 94.8 Å². The fraction of sp³-hybridized carbons (Fsp3) is 0.409. The highest BCUT2D eigenvalue weighted by Crippen LogP contribution is 2.37. The number of amides is 4. The fourth-order valence-electron chi connectivity index (χ4n) is 15.2. The van der Waals surface area contributed by atoms with Crippen LogP contribution in [0.15, 0.2) is 196 Å². The van der Waals surface area contributed by atoms with Crippen molar-refractivity contribution in [3.8, 4) is 0 Å². The minimum Gasteiger partial charge on any atom is -0.507 e. The van der Waals surface area contributed by atoms with E-state index in [1.165, 1.54) is 74.4 Å². The first kappa shape index (κ1) is 92.5. The van der Waals surface area contributed by atoms with E-state index in [4.69, 9.17) is 37.2 Å². The predicted molar refractivity (Wildman–Crippen MR) is 451 cm³/mol. The molecule has 0 bridgehead atoms. The predicted octanol–water partition coefficient (Wildman–Crippen LogP) is 8.09. The Hall–Kier alpha value is -12.3. The quantitative estimate of drug-likeness (QED) is 0.0208. The first-order valence-electron chi connectivity index (χ1n) is 41.7. The molecule has 8 unspecified atom stereocenters. The van der Waals surface area contributed by atoms with Crippen LogP contribution in [0.1, 0.15) is 171 Å². The summed E-state index contributed by atoms with van der Waals surface area (Å²) in [5, 5.41) is 11.5. The Morgan fingerprint density at radius 1 is 0.331 bits per heavy atom. The molecule has 12 rings (SSSR count). The lowest BCUT2D eigenvalue weighted by Crippen LogP contribution is -2.65. The third kappa shape index (κ3) is 26.9. The molecule has 4 aromatic heterocycles. The van der Waals surface area contributed by atoms with Crippen LogP contribution in [0, 0.1) is 35.5 Å². The molecule has 4 fully saturated rings. The van der Waals surface area contributed by atoms with Crippen LogP contribution >= 0.6 is 0 Å². The van der Waals surface area contributed by atoms with Crippen LogP contribution < -0.4 is 21.3 Å². The summed E-state index contributed by atoms with van der Waals surface area (Å²) in [5.74, 6) is -11.9. The number of aromatic nitrogens is 8. The molecule has 644 valence electrons. The molecule has 0 aliphatic carbocycles. The van der Waals surface area contributed by atoms with Crippen LogP contribution in [-0.2, 0) is 101 Å². The Morgan fingerprint density at radius 2 is 0.605 bits per heavy atom. The van der Waals surface area contributed by atoms with Gasteiger partial charge in [-0.2, -0.15) is 0 Å². The summed E-state index contributed by atoms with van der Waals surface area (Å²) in [6.07, 6.45) is 12.1. The average molecular weight is 1690 g/mol. The number of carbonyl (C=O) groups is 12. The molecule has 32 nitrogen and oxygen atoms in total. The van der Waals surface area contributed by atoms with Crippen molar-refractivity contribution in [2.24, 2.45) is 35.5 Å². The zero-order chi connectivity index (χ0) is 88.3. The molecule has 124 heavy (non-hydrogen) atoms. The highest BCUT2D eigenvalue weighted by molar-refractivity contribution is 6.54. The number of nitrogens with zero attached hydrogens (tertiary/aromatic N) is 8. The Kier molecular flexibility index (Phi) is 33.7. The molecule has 0 radical (unpaired) electrons. The summed E-state index contributed by atoms with van der Waals surface area (Å²) >= 11 is 0. The van der Waals surface area contributed by atoms with Gasteiger partial charge < -0.3 is 58.5 Å². The van der Waals surface area contributed by atoms with E-state index < -0.39 is 148 Å². The summed E-state index contributed by atoms with van der Waals surface area (Å²) in [6.45, 7) is 15.4. The third-order valence-electron chi connectivity index (χ3n) is 21.0. The number of nitrogens with one attached hydrogen (secondary N) is 4. The van der Waals surface area contributed by atoms with Crippen molar-refractivity contribution in [1.29, 1.82) is 0 Å². The second-order valence-corrected chi connectivity index (χ2v) is 32.9. The van der Waals surface area contributed by atoms with E-state index in [0.717, 1.165) is 22.3 Å². The van der Waals surface area contributed by atoms with E-state index in [9.17, 15) is 57.5 Å². The number of Topliss-reactive ketones (excluding diaryl/α,β-unsaturated/α-hetero) is 4. The summed E-state index contributed by atoms with van der Waals surface area (Å²) in [4.78, 5) is 196. The lowest BCUT2D eigenvalue weighted by molar-refractivity contribution is -0.178. The van der Waals surface area contributed by atoms with Gasteiger partial charge in [-0.05, 0) is 97.3 Å². The van der Waals surface area contributed by atoms with Gasteiger partial charge in [0.25, 0.3) is 11.8 Å². The Labute approximate surface area is 720 Å². The topological polar surface area (TPSA) is 430 Å². The maximum Gasteiger partial charge on any atom is 0.552 e. The van der Waals surface area contributed by atoms with Gasteiger partial charge in [0, 0.05) is 98.7 Å². The van der Waals surface area contributed by atoms with Crippen molar-refractivity contribution >= 4 is 99.1 Å². The number of rotatable bonds is 41. The highest BCUT2D eigenvalue weighted by Gasteiger charge is 2.59. The van der Waals surface area contributed by atoms with Gasteiger partial charge in [-0.1, -0.05) is 177 Å². The van der Waals surface area contributed by atoms with Gasteiger partial charge in [0.2, 0.25) is 11.8 Å². The van der Waals surface area contributed by atoms with Crippen molar-refractivity contribution in [2.45, 2.75) is 192 Å². The zero-order valence-corrected chi connectivity index (χ0v) is 70.3. The van der Waals surface area contributed by atoms with E-state index in [-0.39, 0.29) is 127 Å². The van der Waals surface area contributed by atoms with Crippen molar-refractivity contribution in [3.05, 3.63) is 241 Å². The van der Waals surface area contributed by atoms with E-state index in [2.05, 4.69) is 61.1 Å². The molecule has 4 saturated heterocycles. The number of fused-ring (bicyclic) bond motifs is 1. The second kappa shape index (κ2) is 45.2. The van der Waals surface area contributed by atoms with Gasteiger partial charge >= 0.3 is 52.4 Å². The van der Waals surface area contributed by atoms with Crippen LogP contribution in [-0.4, -0.2) is 187 Å². The normalized spacial score (nSPS) is 18.2. The van der Waals surface area contributed by atoms with E-state index in [0.29, 0.717) is 19.3 Å². The largest absolute Gasteiger partial charge is 0.552 e. The number of carbonyl (C=O) groups excluding carboxylic acids is 12. The molecule has 8 aromatic rings. The Morgan fingerprint density at radius 3 is 0.887 bits per heavy atom. The summed E-state index contributed by atoms with van der Waals surface area (Å²) in [6, 6.07) is 35.0. The SMILES string of the molecule is CC(C)C[C@H](CC(=O)C(Cc1ccccc1)NC(=O)c1cnccn1)B1OC(=O)C(C2OB([C@H](CC(C)C)NC(=O)C(CC(=O)c3cnccn3)Cc3ccccc3)OC2=O)O1.CC(C)C[C@H](CC(=O)C(Cc1ccccc1)NC(=O)c1cnccn1)B1OC(=O)C2OB([C@H](CC(C)C)NC(=O)C(CC(=O)c3cnccn3)Cc3ccccc3)OC(=O)C2O1.